The third-order valence-corrected chi connectivity index (χ3v) is 5.32. The van der Waals surface area contributed by atoms with Gasteiger partial charge in [0.15, 0.2) is 0 Å². The number of nitrogens with one attached hydrogen (secondary N) is 1. The Morgan fingerprint density at radius 3 is 2.67 bits per heavy atom. The molecule has 0 radical (unpaired) electrons. The van der Waals surface area contributed by atoms with E-state index in [1.807, 2.05) is 0 Å². The average molecular weight is 309 g/mol. The van der Waals surface area contributed by atoms with Crippen LogP contribution >= 0.6 is 0 Å². The Balaban J connectivity index is 1.81. The molecule has 1 saturated carbocycles. The number of carbonyl (C=O) groups excluding carboxylic acids is 1. The summed E-state index contributed by atoms with van der Waals surface area (Å²) in [5.74, 6) is -0.161. The van der Waals surface area contributed by atoms with Crippen molar-refractivity contribution in [2.24, 2.45) is 5.73 Å². The molecular weight excluding hydrogens is 290 g/mol. The van der Waals surface area contributed by atoms with E-state index in [1.165, 1.54) is 12.1 Å². The lowest BCUT2D eigenvalue weighted by Gasteiger charge is -2.16. The summed E-state index contributed by atoms with van der Waals surface area (Å²) < 4.78 is 27.0. The van der Waals surface area contributed by atoms with Crippen LogP contribution in [0.5, 0.6) is 0 Å². The van der Waals surface area contributed by atoms with Gasteiger partial charge in [-0.05, 0) is 37.5 Å². The Kier molecular flexibility index (Phi) is 3.73. The van der Waals surface area contributed by atoms with E-state index < -0.39 is 10.0 Å². The highest BCUT2D eigenvalue weighted by molar-refractivity contribution is 7.89. The fourth-order valence-corrected chi connectivity index (χ4v) is 3.79. The van der Waals surface area contributed by atoms with Crippen molar-refractivity contribution in [1.82, 2.24) is 9.62 Å². The molecule has 3 N–H and O–H groups in total. The smallest absolute Gasteiger partial charge is 0.253 e. The number of nitrogens with zero attached hydrogens (tertiary/aromatic N) is 1. The lowest BCUT2D eigenvalue weighted by atomic mass is 10.2. The summed E-state index contributed by atoms with van der Waals surface area (Å²) in [6.07, 6.45) is 2.54. The van der Waals surface area contributed by atoms with Gasteiger partial charge in [0, 0.05) is 30.7 Å². The van der Waals surface area contributed by atoms with Crippen LogP contribution < -0.4 is 10.5 Å². The van der Waals surface area contributed by atoms with E-state index in [9.17, 15) is 13.2 Å². The summed E-state index contributed by atoms with van der Waals surface area (Å²) in [5, 5.41) is 0. The number of carbonyl (C=O) groups is 1. The molecule has 6 nitrogen and oxygen atoms in total. The van der Waals surface area contributed by atoms with Gasteiger partial charge in [0.1, 0.15) is 0 Å². The minimum atomic E-state index is -3.53. The van der Waals surface area contributed by atoms with Crippen molar-refractivity contribution >= 4 is 15.9 Å². The molecule has 3 rings (SSSR count). The lowest BCUT2D eigenvalue weighted by molar-refractivity contribution is 0.0790. The predicted molar refractivity (Wildman–Crippen MR) is 78.3 cm³/mol. The van der Waals surface area contributed by atoms with Crippen molar-refractivity contribution < 1.29 is 13.2 Å². The van der Waals surface area contributed by atoms with Gasteiger partial charge in [0.25, 0.3) is 5.91 Å². The molecule has 0 bridgehead atoms. The van der Waals surface area contributed by atoms with Gasteiger partial charge in [-0.15, -0.1) is 0 Å². The highest BCUT2D eigenvalue weighted by Crippen LogP contribution is 2.23. The van der Waals surface area contributed by atoms with Gasteiger partial charge in [-0.1, -0.05) is 6.07 Å². The van der Waals surface area contributed by atoms with Gasteiger partial charge in [0.2, 0.25) is 10.0 Å². The summed E-state index contributed by atoms with van der Waals surface area (Å²) in [5.41, 5.74) is 6.19. The number of benzene rings is 1. The van der Waals surface area contributed by atoms with E-state index >= 15 is 0 Å². The molecule has 1 aliphatic carbocycles. The lowest BCUT2D eigenvalue weighted by Crippen LogP contribution is -2.32. The zero-order valence-corrected chi connectivity index (χ0v) is 12.5. The highest BCUT2D eigenvalue weighted by atomic mass is 32.2. The summed E-state index contributed by atoms with van der Waals surface area (Å²) in [7, 11) is -3.53. The van der Waals surface area contributed by atoms with Crippen LogP contribution in [-0.2, 0) is 10.0 Å². The van der Waals surface area contributed by atoms with Crippen LogP contribution in [0.1, 0.15) is 29.6 Å². The molecule has 2 aliphatic rings. The number of rotatable bonds is 4. The molecule has 1 aliphatic heterocycles. The number of sulfonamides is 1. The van der Waals surface area contributed by atoms with E-state index in [4.69, 9.17) is 5.73 Å². The molecule has 2 fully saturated rings. The van der Waals surface area contributed by atoms with Crippen molar-refractivity contribution in [3.8, 4) is 0 Å². The summed E-state index contributed by atoms with van der Waals surface area (Å²) >= 11 is 0. The van der Waals surface area contributed by atoms with Crippen LogP contribution in [0.2, 0.25) is 0 Å². The molecule has 0 spiro atoms. The first-order valence-electron chi connectivity index (χ1n) is 7.13. The Morgan fingerprint density at radius 2 is 2.05 bits per heavy atom. The first-order valence-corrected chi connectivity index (χ1v) is 8.61. The summed E-state index contributed by atoms with van der Waals surface area (Å²) in [4.78, 5) is 14.2. The van der Waals surface area contributed by atoms with E-state index in [0.29, 0.717) is 18.7 Å². The normalized spacial score (nSPS) is 22.5. The minimum absolute atomic E-state index is 0.0115. The zero-order valence-electron chi connectivity index (χ0n) is 11.7. The third kappa shape index (κ3) is 3.25. The predicted octanol–water partition coefficient (Wildman–Crippen LogP) is 0.300. The standard InChI is InChI=1S/C14H19N3O3S/c15-11-6-7-17(9-11)14(18)10-2-1-3-13(8-10)21(19,20)16-12-4-5-12/h1-3,8,11-12,16H,4-7,9,15H2/t11-/m1/s1. The van der Waals surface area contributed by atoms with Crippen LogP contribution in [0.15, 0.2) is 29.2 Å². The van der Waals surface area contributed by atoms with Gasteiger partial charge in [-0.3, -0.25) is 4.79 Å². The van der Waals surface area contributed by atoms with Gasteiger partial charge in [-0.2, -0.15) is 0 Å². The Labute approximate surface area is 124 Å². The molecule has 1 saturated heterocycles. The number of nitrogens with two attached hydrogens (primary N) is 1. The van der Waals surface area contributed by atoms with Gasteiger partial charge >= 0.3 is 0 Å². The monoisotopic (exact) mass is 309 g/mol. The van der Waals surface area contributed by atoms with Crippen LogP contribution in [0, 0.1) is 0 Å². The fraction of sp³-hybridized carbons (Fsp3) is 0.500. The molecule has 1 amide bonds. The van der Waals surface area contributed by atoms with Gasteiger partial charge in [0.05, 0.1) is 4.90 Å². The molecule has 1 aromatic carbocycles. The topological polar surface area (TPSA) is 92.5 Å². The van der Waals surface area contributed by atoms with Gasteiger partial charge in [-0.25, -0.2) is 13.1 Å². The number of hydrogen-bond acceptors (Lipinski definition) is 4. The summed E-state index contributed by atoms with van der Waals surface area (Å²) in [6, 6.07) is 6.25. The first-order chi connectivity index (χ1) is 9.95. The van der Waals surface area contributed by atoms with Crippen molar-refractivity contribution in [2.45, 2.75) is 36.2 Å². The first kappa shape index (κ1) is 14.5. The van der Waals surface area contributed by atoms with E-state index in [0.717, 1.165) is 19.3 Å². The fourth-order valence-electron chi connectivity index (χ4n) is 2.44. The van der Waals surface area contributed by atoms with Crippen molar-refractivity contribution in [3.63, 3.8) is 0 Å². The SMILES string of the molecule is N[C@@H]1CCN(C(=O)c2cccc(S(=O)(=O)NC3CC3)c2)C1. The van der Waals surface area contributed by atoms with Gasteiger partial charge < -0.3 is 10.6 Å². The number of amides is 1. The maximum Gasteiger partial charge on any atom is 0.253 e. The van der Waals surface area contributed by atoms with E-state index in [1.54, 1.807) is 17.0 Å². The van der Waals surface area contributed by atoms with Crippen molar-refractivity contribution in [3.05, 3.63) is 29.8 Å². The highest BCUT2D eigenvalue weighted by Gasteiger charge is 2.29. The van der Waals surface area contributed by atoms with Crippen LogP contribution in [0.4, 0.5) is 0 Å². The molecule has 0 aromatic heterocycles. The Morgan fingerprint density at radius 1 is 1.29 bits per heavy atom. The number of hydrogen-bond donors (Lipinski definition) is 2. The summed E-state index contributed by atoms with van der Waals surface area (Å²) in [6.45, 7) is 1.15. The van der Waals surface area contributed by atoms with Crippen LogP contribution in [-0.4, -0.2) is 44.4 Å². The Bertz CT molecular complexity index is 655. The average Bonchev–Trinajstić information content (AvgIpc) is 3.15. The molecular formula is C14H19N3O3S. The minimum Gasteiger partial charge on any atom is -0.337 e. The molecule has 21 heavy (non-hydrogen) atoms. The molecule has 1 atom stereocenters. The van der Waals surface area contributed by atoms with Crippen LogP contribution in [0.25, 0.3) is 0 Å². The molecule has 114 valence electrons. The van der Waals surface area contributed by atoms with Crippen molar-refractivity contribution in [1.29, 1.82) is 0 Å². The quantitative estimate of drug-likeness (QED) is 0.836. The Hall–Kier alpha value is -1.44. The maximum atomic E-state index is 12.4. The van der Waals surface area contributed by atoms with Crippen LogP contribution in [0.3, 0.4) is 0 Å². The number of likely N-dealkylation sites (tertiary alicyclic amines) is 1. The maximum absolute atomic E-state index is 12.4. The third-order valence-electron chi connectivity index (χ3n) is 3.80. The zero-order chi connectivity index (χ0) is 15.0. The van der Waals surface area contributed by atoms with E-state index in [2.05, 4.69) is 4.72 Å². The second-order valence-corrected chi connectivity index (χ2v) is 7.44. The molecule has 0 unspecified atom stereocenters. The second kappa shape index (κ2) is 5.40. The van der Waals surface area contributed by atoms with E-state index in [-0.39, 0.29) is 22.9 Å². The molecule has 1 heterocycles. The molecule has 7 heteroatoms. The largest absolute Gasteiger partial charge is 0.337 e. The van der Waals surface area contributed by atoms with Crippen molar-refractivity contribution in [2.75, 3.05) is 13.1 Å². The molecule has 1 aromatic rings. The second-order valence-electron chi connectivity index (χ2n) is 5.72.